The molecule has 0 aromatic rings. The minimum Gasteiger partial charge on any atom is -0.462 e. The van der Waals surface area contributed by atoms with E-state index in [2.05, 4.69) is 33.1 Å². The minimum absolute atomic E-state index is 0.0360. The van der Waals surface area contributed by atoms with Gasteiger partial charge in [0.15, 0.2) is 6.10 Å². The van der Waals surface area contributed by atoms with Gasteiger partial charge in [-0.25, -0.2) is 18.3 Å². The first-order valence-corrected chi connectivity index (χ1v) is 30.4. The van der Waals surface area contributed by atoms with Crippen molar-refractivity contribution in [3.8, 4) is 0 Å². The summed E-state index contributed by atoms with van der Waals surface area (Å²) in [4.78, 5) is 92.7. The fraction of sp³-hybridized carbons (Fsp3) is 0.950. The van der Waals surface area contributed by atoms with Gasteiger partial charge in [0.2, 0.25) is 0 Å². The van der Waals surface area contributed by atoms with E-state index in [9.17, 15) is 72.3 Å². The molecule has 27 heteroatoms. The number of aliphatic hydroxyl groups is 2. The Kier molecular flexibility index (Phi) is 34.5. The molecule has 67 heavy (non-hydrogen) atoms. The molecule has 1 rings (SSSR count). The zero-order chi connectivity index (χ0) is 50.4. The number of unbranched alkanes of at least 4 members (excludes halogenated alkanes) is 23. The van der Waals surface area contributed by atoms with Gasteiger partial charge in [-0.2, -0.15) is 12.6 Å². The highest BCUT2D eigenvalue weighted by Gasteiger charge is 2.59. The monoisotopic (exact) mass is 1070 g/mol. The van der Waals surface area contributed by atoms with Gasteiger partial charge >= 0.3 is 43.2 Å². The first-order chi connectivity index (χ1) is 31.5. The molecule has 4 unspecified atom stereocenters. The molecule has 8 atom stereocenters. The number of carbonyl (C=O) groups is 2. The Morgan fingerprint density at radius 3 is 1.18 bits per heavy atom. The van der Waals surface area contributed by atoms with Crippen molar-refractivity contribution in [1.29, 1.82) is 0 Å². The molecule has 0 radical (unpaired) electrons. The van der Waals surface area contributed by atoms with E-state index in [1.165, 1.54) is 77.0 Å². The van der Waals surface area contributed by atoms with Gasteiger partial charge in [-0.05, 0) is 25.0 Å². The van der Waals surface area contributed by atoms with Gasteiger partial charge in [0, 0.05) is 12.8 Å². The highest BCUT2D eigenvalue weighted by molar-refractivity contribution is 7.80. The molecule has 1 aliphatic rings. The third-order valence-electron chi connectivity index (χ3n) is 11.0. The molecule has 1 fully saturated rings. The molecule has 1 aliphatic carbocycles. The maximum absolute atomic E-state index is 13.2. The van der Waals surface area contributed by atoms with E-state index in [0.29, 0.717) is 12.8 Å². The Hall–Kier alpha value is -0.350. The lowest BCUT2D eigenvalue weighted by atomic mass is 9.85. The van der Waals surface area contributed by atoms with Crippen LogP contribution in [0.25, 0.3) is 0 Å². The fourth-order valence-electron chi connectivity index (χ4n) is 7.53. The quantitative estimate of drug-likeness (QED) is 0.0122. The summed E-state index contributed by atoms with van der Waals surface area (Å²) in [5.74, 6) is -0.478. The van der Waals surface area contributed by atoms with Gasteiger partial charge in [-0.3, -0.25) is 32.2 Å². The summed E-state index contributed by atoms with van der Waals surface area (Å²) < 4.78 is 82.0. The summed E-state index contributed by atoms with van der Waals surface area (Å²) in [5, 5.41) is 21.8. The van der Waals surface area contributed by atoms with E-state index >= 15 is 0 Å². The van der Waals surface area contributed by atoms with Gasteiger partial charge in [0.1, 0.15) is 43.2 Å². The molecule has 0 heterocycles. The maximum Gasteiger partial charge on any atom is 0.472 e. The SMILES string of the molecule is CCCCCCCCCCCCCCCC(=O)O[C@H](COC(=O)CCCCCCCCCCCCCCS)COP(=O)(O)OC1C(O)[C@@H](OP(=O)(O)O)C(OP(=O)(O)O)[C@@H](OP(=O)(O)O)[C@H]1O. The summed E-state index contributed by atoms with van der Waals surface area (Å²) in [7, 11) is -23.0. The van der Waals surface area contributed by atoms with Crippen molar-refractivity contribution in [3.05, 3.63) is 0 Å². The molecular formula is C40H80O22P4S. The summed E-state index contributed by atoms with van der Waals surface area (Å²) in [5.41, 5.74) is 0. The molecule has 0 amide bonds. The second kappa shape index (κ2) is 35.7. The van der Waals surface area contributed by atoms with Crippen molar-refractivity contribution in [2.45, 2.75) is 223 Å². The predicted molar refractivity (Wildman–Crippen MR) is 248 cm³/mol. The van der Waals surface area contributed by atoms with Crippen LogP contribution in [0, 0.1) is 0 Å². The highest BCUT2D eigenvalue weighted by Crippen LogP contribution is 2.53. The first-order valence-electron chi connectivity index (χ1n) is 23.7. The van der Waals surface area contributed by atoms with Crippen LogP contribution in [0.1, 0.15) is 180 Å². The average molecular weight is 1070 g/mol. The summed E-state index contributed by atoms with van der Waals surface area (Å²) in [6.07, 6.45) is 8.72. The molecular weight excluding hydrogens is 988 g/mol. The lowest BCUT2D eigenvalue weighted by Gasteiger charge is -2.45. The first kappa shape index (κ1) is 64.7. The zero-order valence-corrected chi connectivity index (χ0v) is 43.3. The van der Waals surface area contributed by atoms with Crippen LogP contribution in [0.4, 0.5) is 0 Å². The minimum atomic E-state index is -5.78. The fourth-order valence-corrected chi connectivity index (χ4v) is 10.4. The van der Waals surface area contributed by atoms with Crippen molar-refractivity contribution in [3.63, 3.8) is 0 Å². The maximum atomic E-state index is 13.2. The molecule has 0 aliphatic heterocycles. The molecule has 22 nitrogen and oxygen atoms in total. The molecule has 1 saturated carbocycles. The molecule has 398 valence electrons. The number of phosphoric acid groups is 4. The van der Waals surface area contributed by atoms with Gasteiger partial charge in [0.05, 0.1) is 6.61 Å². The topological polar surface area (TPSA) is 349 Å². The van der Waals surface area contributed by atoms with Crippen molar-refractivity contribution in [2.24, 2.45) is 0 Å². The number of esters is 2. The van der Waals surface area contributed by atoms with Crippen LogP contribution < -0.4 is 0 Å². The number of carbonyl (C=O) groups excluding carboxylic acids is 2. The second-order valence-electron chi connectivity index (χ2n) is 17.0. The Morgan fingerprint density at radius 2 is 0.806 bits per heavy atom. The van der Waals surface area contributed by atoms with E-state index in [1.54, 1.807) is 0 Å². The Bertz CT molecular complexity index is 1490. The van der Waals surface area contributed by atoms with Gasteiger partial charge in [0.25, 0.3) is 0 Å². The van der Waals surface area contributed by atoms with Crippen molar-refractivity contribution >= 4 is 55.9 Å². The lowest BCUT2D eigenvalue weighted by molar-refractivity contribution is -0.209. The smallest absolute Gasteiger partial charge is 0.462 e. The largest absolute Gasteiger partial charge is 0.472 e. The van der Waals surface area contributed by atoms with Crippen LogP contribution in [0.15, 0.2) is 0 Å². The number of hydrogen-bond donors (Lipinski definition) is 10. The van der Waals surface area contributed by atoms with E-state index < -0.39 is 99.2 Å². The van der Waals surface area contributed by atoms with E-state index in [-0.39, 0.29) is 12.8 Å². The van der Waals surface area contributed by atoms with Crippen LogP contribution in [0.2, 0.25) is 0 Å². The summed E-state index contributed by atoms with van der Waals surface area (Å²) >= 11 is 4.23. The summed E-state index contributed by atoms with van der Waals surface area (Å²) in [6, 6.07) is 0. The van der Waals surface area contributed by atoms with Gasteiger partial charge in [-0.15, -0.1) is 0 Å². The van der Waals surface area contributed by atoms with Crippen LogP contribution in [-0.4, -0.2) is 118 Å². The van der Waals surface area contributed by atoms with E-state index in [0.717, 1.165) is 76.4 Å². The average Bonchev–Trinajstić information content (AvgIpc) is 3.22. The number of thiol groups is 1. The Labute approximate surface area is 401 Å². The molecule has 0 bridgehead atoms. The number of rotatable bonds is 42. The third kappa shape index (κ3) is 33.8. The zero-order valence-electron chi connectivity index (χ0n) is 38.8. The Morgan fingerprint density at radius 1 is 0.463 bits per heavy atom. The highest BCUT2D eigenvalue weighted by atomic mass is 32.1. The predicted octanol–water partition coefficient (Wildman–Crippen LogP) is 7.60. The molecule has 0 saturated heterocycles. The van der Waals surface area contributed by atoms with Crippen molar-refractivity contribution < 1.29 is 104 Å². The van der Waals surface area contributed by atoms with Crippen LogP contribution in [0.3, 0.4) is 0 Å². The second-order valence-corrected chi connectivity index (χ2v) is 22.4. The standard InChI is InChI=1S/C40H80O22P4S/c1-2-3-4-5-6-7-8-9-13-16-19-22-25-28-34(42)58-32(30-56-33(41)27-24-21-18-15-12-10-11-14-17-20-23-26-29-67)31-57-66(54,55)62-37-35(43)38(59-63(45,46)47)40(61-65(51,52)53)39(36(37)44)60-64(48,49)50/h32,35-40,43-44,67H,2-31H2,1H3,(H,54,55)(H2,45,46,47)(H2,48,49,50)(H2,51,52,53)/t32-,35+,36?,37?,38+,39-,40?/m1/s1. The number of aliphatic hydroxyl groups excluding tert-OH is 2. The van der Waals surface area contributed by atoms with Crippen LogP contribution in [0.5, 0.6) is 0 Å². The van der Waals surface area contributed by atoms with Crippen LogP contribution >= 0.6 is 43.9 Å². The number of phosphoric ester groups is 4. The molecule has 0 aromatic heterocycles. The van der Waals surface area contributed by atoms with E-state index in [1.807, 2.05) is 0 Å². The molecule has 0 spiro atoms. The Balaban J connectivity index is 2.91. The van der Waals surface area contributed by atoms with E-state index in [4.69, 9.17) is 18.5 Å². The third-order valence-corrected chi connectivity index (χ3v) is 13.8. The van der Waals surface area contributed by atoms with Crippen molar-refractivity contribution in [2.75, 3.05) is 19.0 Å². The van der Waals surface area contributed by atoms with Gasteiger partial charge in [-0.1, -0.05) is 148 Å². The molecule has 9 N–H and O–H groups in total. The molecule has 0 aromatic carbocycles. The lowest BCUT2D eigenvalue weighted by Crippen LogP contribution is -2.65. The normalized spacial score (nSPS) is 21.8. The van der Waals surface area contributed by atoms with Crippen LogP contribution in [-0.2, 0) is 59.9 Å². The van der Waals surface area contributed by atoms with Crippen molar-refractivity contribution in [1.82, 2.24) is 0 Å². The number of hydrogen-bond acceptors (Lipinski definition) is 16. The number of ether oxygens (including phenoxy) is 2. The van der Waals surface area contributed by atoms with Gasteiger partial charge < -0.3 is 53.9 Å². The summed E-state index contributed by atoms with van der Waals surface area (Å²) in [6.45, 7) is 0.550.